The summed E-state index contributed by atoms with van der Waals surface area (Å²) in [7, 11) is -3.56. The Bertz CT molecular complexity index is 821. The van der Waals surface area contributed by atoms with Gasteiger partial charge in [-0.2, -0.15) is 0 Å². The summed E-state index contributed by atoms with van der Waals surface area (Å²) in [6, 6.07) is 10.6. The van der Waals surface area contributed by atoms with Crippen molar-refractivity contribution in [1.82, 2.24) is 0 Å². The highest BCUT2D eigenvalue weighted by Gasteiger charge is 2.31. The molecule has 1 heterocycles. The maximum atomic E-state index is 12.3. The number of benzene rings is 1. The molecule has 23 heavy (non-hydrogen) atoms. The van der Waals surface area contributed by atoms with Gasteiger partial charge in [-0.05, 0) is 56.2 Å². The van der Waals surface area contributed by atoms with Crippen molar-refractivity contribution in [1.29, 1.82) is 0 Å². The standard InChI is InChI=1S/C16H18N2O3S2/c1-11-3-10-16(22-11)23(20,21)17-13-4-6-14(7-5-13)18(12(2)19)15-8-9-15/h3-7,10,15,17H,8-9H2,1-2H3. The number of thiophene rings is 1. The van der Waals surface area contributed by atoms with E-state index in [-0.39, 0.29) is 11.9 Å². The van der Waals surface area contributed by atoms with E-state index in [4.69, 9.17) is 0 Å². The average molecular weight is 350 g/mol. The molecule has 2 aromatic rings. The van der Waals surface area contributed by atoms with Crippen LogP contribution in [-0.2, 0) is 14.8 Å². The number of sulfonamides is 1. The van der Waals surface area contributed by atoms with Gasteiger partial charge in [-0.25, -0.2) is 8.42 Å². The van der Waals surface area contributed by atoms with Crippen LogP contribution in [0.15, 0.2) is 40.6 Å². The second-order valence-corrected chi connectivity index (χ2v) is 8.83. The average Bonchev–Trinajstić information content (AvgIpc) is 3.20. The molecular weight excluding hydrogens is 332 g/mol. The first-order valence-corrected chi connectivity index (χ1v) is 9.66. The summed E-state index contributed by atoms with van der Waals surface area (Å²) in [6.07, 6.45) is 2.04. The predicted octanol–water partition coefficient (Wildman–Crippen LogP) is 3.37. The maximum absolute atomic E-state index is 12.3. The lowest BCUT2D eigenvalue weighted by Crippen LogP contribution is -2.30. The van der Waals surface area contributed by atoms with Gasteiger partial charge in [-0.15, -0.1) is 11.3 Å². The van der Waals surface area contributed by atoms with Gasteiger partial charge in [0.2, 0.25) is 5.91 Å². The number of anilines is 2. The van der Waals surface area contributed by atoms with Crippen LogP contribution in [0.4, 0.5) is 11.4 Å². The Morgan fingerprint density at radius 2 is 1.83 bits per heavy atom. The summed E-state index contributed by atoms with van der Waals surface area (Å²) >= 11 is 1.23. The van der Waals surface area contributed by atoms with Crippen molar-refractivity contribution in [3.8, 4) is 0 Å². The van der Waals surface area contributed by atoms with E-state index in [0.29, 0.717) is 9.90 Å². The van der Waals surface area contributed by atoms with E-state index in [1.807, 2.05) is 6.92 Å². The smallest absolute Gasteiger partial charge is 0.271 e. The third kappa shape index (κ3) is 3.56. The first-order valence-electron chi connectivity index (χ1n) is 7.36. The Labute approximate surface area is 140 Å². The molecular formula is C16H18N2O3S2. The van der Waals surface area contributed by atoms with Crippen LogP contribution in [0.25, 0.3) is 0 Å². The van der Waals surface area contributed by atoms with Crippen molar-refractivity contribution >= 4 is 38.6 Å². The third-order valence-corrected chi connectivity index (χ3v) is 6.50. The van der Waals surface area contributed by atoms with Gasteiger partial charge in [0.15, 0.2) is 0 Å². The van der Waals surface area contributed by atoms with E-state index in [9.17, 15) is 13.2 Å². The van der Waals surface area contributed by atoms with E-state index in [1.54, 1.807) is 48.2 Å². The topological polar surface area (TPSA) is 66.5 Å². The van der Waals surface area contributed by atoms with Crippen LogP contribution in [0.5, 0.6) is 0 Å². The Hall–Kier alpha value is -1.86. The summed E-state index contributed by atoms with van der Waals surface area (Å²) in [5.74, 6) is 0.00916. The molecule has 3 rings (SSSR count). The molecule has 122 valence electrons. The van der Waals surface area contributed by atoms with Gasteiger partial charge in [-0.1, -0.05) is 0 Å². The fourth-order valence-electron chi connectivity index (χ4n) is 2.43. The van der Waals surface area contributed by atoms with Crippen molar-refractivity contribution < 1.29 is 13.2 Å². The molecule has 0 atom stereocenters. The van der Waals surface area contributed by atoms with Gasteiger partial charge < -0.3 is 4.90 Å². The SMILES string of the molecule is CC(=O)N(c1ccc(NS(=O)(=O)c2ccc(C)s2)cc1)C1CC1. The largest absolute Gasteiger partial charge is 0.310 e. The zero-order valence-electron chi connectivity index (χ0n) is 12.9. The Morgan fingerprint density at radius 1 is 1.17 bits per heavy atom. The highest BCUT2D eigenvalue weighted by Crippen LogP contribution is 2.32. The summed E-state index contributed by atoms with van der Waals surface area (Å²) in [5.41, 5.74) is 1.29. The second-order valence-electron chi connectivity index (χ2n) is 5.64. The highest BCUT2D eigenvalue weighted by molar-refractivity contribution is 7.94. The number of nitrogens with one attached hydrogen (secondary N) is 1. The van der Waals surface area contributed by atoms with Crippen molar-refractivity contribution in [3.05, 3.63) is 41.3 Å². The minimum Gasteiger partial charge on any atom is -0.310 e. The van der Waals surface area contributed by atoms with E-state index < -0.39 is 10.0 Å². The molecule has 1 saturated carbocycles. The highest BCUT2D eigenvalue weighted by atomic mass is 32.2. The minimum atomic E-state index is -3.56. The molecule has 1 aromatic heterocycles. The maximum Gasteiger partial charge on any atom is 0.271 e. The first-order chi connectivity index (χ1) is 10.9. The van der Waals surface area contributed by atoms with Gasteiger partial charge in [0.25, 0.3) is 10.0 Å². The predicted molar refractivity (Wildman–Crippen MR) is 92.5 cm³/mol. The Morgan fingerprint density at radius 3 is 2.30 bits per heavy atom. The van der Waals surface area contributed by atoms with E-state index in [1.165, 1.54) is 11.3 Å². The summed E-state index contributed by atoms with van der Waals surface area (Å²) in [5, 5.41) is 0. The lowest BCUT2D eigenvalue weighted by molar-refractivity contribution is -0.116. The minimum absolute atomic E-state index is 0.00916. The number of hydrogen-bond acceptors (Lipinski definition) is 4. The molecule has 7 heteroatoms. The van der Waals surface area contributed by atoms with Crippen molar-refractivity contribution in [2.45, 2.75) is 36.9 Å². The molecule has 1 N–H and O–H groups in total. The van der Waals surface area contributed by atoms with Gasteiger partial charge in [0, 0.05) is 29.2 Å². The molecule has 0 spiro atoms. The zero-order chi connectivity index (χ0) is 16.6. The lowest BCUT2D eigenvalue weighted by atomic mass is 10.2. The normalized spacial score (nSPS) is 14.5. The summed E-state index contributed by atoms with van der Waals surface area (Å²) in [6.45, 7) is 3.42. The summed E-state index contributed by atoms with van der Waals surface area (Å²) in [4.78, 5) is 14.5. The molecule has 0 aliphatic heterocycles. The molecule has 1 aromatic carbocycles. The van der Waals surface area contributed by atoms with E-state index in [0.717, 1.165) is 23.4 Å². The number of carbonyl (C=O) groups excluding carboxylic acids is 1. The molecule has 0 saturated heterocycles. The Kier molecular flexibility index (Phi) is 4.16. The fraction of sp³-hybridized carbons (Fsp3) is 0.312. The lowest BCUT2D eigenvalue weighted by Gasteiger charge is -2.21. The second kappa shape index (κ2) is 5.98. The van der Waals surface area contributed by atoms with Gasteiger partial charge in [-0.3, -0.25) is 9.52 Å². The number of rotatable bonds is 5. The number of hydrogen-bond donors (Lipinski definition) is 1. The van der Waals surface area contributed by atoms with Gasteiger partial charge in [0.05, 0.1) is 0 Å². The number of amides is 1. The summed E-state index contributed by atoms with van der Waals surface area (Å²) < 4.78 is 27.5. The molecule has 0 unspecified atom stereocenters. The number of carbonyl (C=O) groups is 1. The van der Waals surface area contributed by atoms with Crippen LogP contribution in [0.3, 0.4) is 0 Å². The molecule has 0 bridgehead atoms. The van der Waals surface area contributed by atoms with Crippen LogP contribution < -0.4 is 9.62 Å². The van der Waals surface area contributed by atoms with E-state index >= 15 is 0 Å². The van der Waals surface area contributed by atoms with Crippen molar-refractivity contribution in [2.75, 3.05) is 9.62 Å². The molecule has 1 aliphatic carbocycles. The van der Waals surface area contributed by atoms with Crippen LogP contribution >= 0.6 is 11.3 Å². The van der Waals surface area contributed by atoms with Gasteiger partial charge >= 0.3 is 0 Å². The van der Waals surface area contributed by atoms with Crippen LogP contribution in [0.1, 0.15) is 24.6 Å². The molecule has 1 fully saturated rings. The van der Waals surface area contributed by atoms with E-state index in [2.05, 4.69) is 4.72 Å². The molecule has 1 aliphatic rings. The first kappa shape index (κ1) is 16.0. The molecule has 1 amide bonds. The van der Waals surface area contributed by atoms with Crippen LogP contribution in [-0.4, -0.2) is 20.4 Å². The number of aryl methyl sites for hydroxylation is 1. The fourth-order valence-corrected chi connectivity index (χ4v) is 4.78. The monoisotopic (exact) mass is 350 g/mol. The quantitative estimate of drug-likeness (QED) is 0.899. The molecule has 5 nitrogen and oxygen atoms in total. The molecule has 0 radical (unpaired) electrons. The van der Waals surface area contributed by atoms with Crippen molar-refractivity contribution in [3.63, 3.8) is 0 Å². The van der Waals surface area contributed by atoms with Crippen molar-refractivity contribution in [2.24, 2.45) is 0 Å². The Balaban J connectivity index is 1.78. The van der Waals surface area contributed by atoms with Gasteiger partial charge in [0.1, 0.15) is 4.21 Å². The van der Waals surface area contributed by atoms with Crippen LogP contribution in [0, 0.1) is 6.92 Å². The third-order valence-electron chi connectivity index (χ3n) is 3.63. The number of nitrogens with zero attached hydrogens (tertiary/aromatic N) is 1. The zero-order valence-corrected chi connectivity index (χ0v) is 14.6. The van der Waals surface area contributed by atoms with Crippen LogP contribution in [0.2, 0.25) is 0 Å².